The minimum Gasteiger partial charge on any atom is -0.394 e. The van der Waals surface area contributed by atoms with Crippen LogP contribution in [0.3, 0.4) is 0 Å². The summed E-state index contributed by atoms with van der Waals surface area (Å²) >= 11 is 1.86. The number of hydrogen-bond acceptors (Lipinski definition) is 3. The standard InChI is InChI=1S/C16H24N2O2S/c1-3-21-11-13-5-4-6-14(9-13)17-16(20)18-8-7-12(2)15(18)10-19/h4-6,9,12,15,19H,3,7-8,10-11H2,1-2H3,(H,17,20)/t12-,15+/m0/s1. The highest BCUT2D eigenvalue weighted by atomic mass is 32.2. The van der Waals surface area contributed by atoms with Crippen LogP contribution in [-0.2, 0) is 5.75 Å². The zero-order chi connectivity index (χ0) is 15.2. The van der Waals surface area contributed by atoms with Gasteiger partial charge in [-0.15, -0.1) is 0 Å². The van der Waals surface area contributed by atoms with Gasteiger partial charge in [-0.25, -0.2) is 4.79 Å². The number of thioether (sulfide) groups is 1. The lowest BCUT2D eigenvalue weighted by molar-refractivity contribution is 0.152. The molecular weight excluding hydrogens is 284 g/mol. The molecule has 0 aromatic heterocycles. The topological polar surface area (TPSA) is 52.6 Å². The van der Waals surface area contributed by atoms with Crippen LogP contribution in [0.1, 0.15) is 25.8 Å². The average molecular weight is 308 g/mol. The van der Waals surface area contributed by atoms with Gasteiger partial charge in [-0.1, -0.05) is 26.0 Å². The third-order valence-corrected chi connectivity index (χ3v) is 4.93. The molecule has 21 heavy (non-hydrogen) atoms. The molecule has 0 saturated carbocycles. The summed E-state index contributed by atoms with van der Waals surface area (Å²) in [7, 11) is 0. The van der Waals surface area contributed by atoms with E-state index in [4.69, 9.17) is 0 Å². The van der Waals surface area contributed by atoms with E-state index in [1.54, 1.807) is 4.90 Å². The van der Waals surface area contributed by atoms with Crippen LogP contribution in [0.25, 0.3) is 0 Å². The Hall–Kier alpha value is -1.20. The van der Waals surface area contributed by atoms with Crippen LogP contribution in [0, 0.1) is 5.92 Å². The van der Waals surface area contributed by atoms with Crippen LogP contribution >= 0.6 is 11.8 Å². The number of likely N-dealkylation sites (tertiary alicyclic amines) is 1. The molecule has 2 amide bonds. The molecule has 2 atom stereocenters. The summed E-state index contributed by atoms with van der Waals surface area (Å²) in [5.74, 6) is 2.40. The van der Waals surface area contributed by atoms with Gasteiger partial charge in [0.1, 0.15) is 0 Å². The number of aliphatic hydroxyl groups excluding tert-OH is 1. The summed E-state index contributed by atoms with van der Waals surface area (Å²) in [4.78, 5) is 14.1. The molecule has 116 valence electrons. The molecule has 2 N–H and O–H groups in total. The first-order chi connectivity index (χ1) is 10.2. The maximum atomic E-state index is 12.4. The number of benzene rings is 1. The predicted molar refractivity (Wildman–Crippen MR) is 88.7 cm³/mol. The van der Waals surface area contributed by atoms with Gasteiger partial charge in [0.05, 0.1) is 12.6 Å². The number of carbonyl (C=O) groups is 1. The molecule has 1 aliphatic heterocycles. The van der Waals surface area contributed by atoms with Crippen molar-refractivity contribution < 1.29 is 9.90 Å². The molecule has 0 unspecified atom stereocenters. The minimum absolute atomic E-state index is 0.0295. The lowest BCUT2D eigenvalue weighted by Crippen LogP contribution is -2.42. The number of urea groups is 1. The molecule has 0 spiro atoms. The molecule has 1 saturated heterocycles. The van der Waals surface area contributed by atoms with Gasteiger partial charge in [-0.3, -0.25) is 0 Å². The Balaban J connectivity index is 1.99. The summed E-state index contributed by atoms with van der Waals surface area (Å²) in [6.45, 7) is 4.96. The van der Waals surface area contributed by atoms with Crippen LogP contribution in [0.5, 0.6) is 0 Å². The van der Waals surface area contributed by atoms with Gasteiger partial charge >= 0.3 is 6.03 Å². The Morgan fingerprint density at radius 2 is 2.33 bits per heavy atom. The van der Waals surface area contributed by atoms with Crippen molar-refractivity contribution in [2.75, 3.05) is 24.2 Å². The summed E-state index contributed by atoms with van der Waals surface area (Å²) in [5, 5.41) is 12.4. The number of carbonyl (C=O) groups excluding carboxylic acids is 1. The van der Waals surface area contributed by atoms with Crippen molar-refractivity contribution in [3.05, 3.63) is 29.8 Å². The van der Waals surface area contributed by atoms with Crippen LogP contribution in [-0.4, -0.2) is 41.0 Å². The van der Waals surface area contributed by atoms with Gasteiger partial charge in [-0.05, 0) is 35.8 Å². The highest BCUT2D eigenvalue weighted by Gasteiger charge is 2.33. The molecule has 1 fully saturated rings. The second kappa shape index (κ2) is 7.71. The first-order valence-corrected chi connectivity index (χ1v) is 8.66. The largest absolute Gasteiger partial charge is 0.394 e. The minimum atomic E-state index is -0.112. The number of nitrogens with zero attached hydrogens (tertiary/aromatic N) is 1. The van der Waals surface area contributed by atoms with E-state index in [9.17, 15) is 9.90 Å². The maximum Gasteiger partial charge on any atom is 0.322 e. The quantitative estimate of drug-likeness (QED) is 0.878. The monoisotopic (exact) mass is 308 g/mol. The van der Waals surface area contributed by atoms with Crippen molar-refractivity contribution in [3.8, 4) is 0 Å². The molecule has 1 aliphatic rings. The van der Waals surface area contributed by atoms with Gasteiger partial charge in [0.15, 0.2) is 0 Å². The van der Waals surface area contributed by atoms with Crippen LogP contribution < -0.4 is 5.32 Å². The number of hydrogen-bond donors (Lipinski definition) is 2. The van der Waals surface area contributed by atoms with Gasteiger partial charge in [0.25, 0.3) is 0 Å². The molecule has 1 aromatic rings. The van der Waals surface area contributed by atoms with Gasteiger partial charge in [-0.2, -0.15) is 11.8 Å². The van der Waals surface area contributed by atoms with E-state index in [0.29, 0.717) is 12.5 Å². The fourth-order valence-corrected chi connectivity index (χ4v) is 3.31. The normalized spacial score (nSPS) is 21.6. The number of nitrogens with one attached hydrogen (secondary N) is 1. The molecule has 5 heteroatoms. The average Bonchev–Trinajstić information content (AvgIpc) is 2.86. The molecule has 0 bridgehead atoms. The second-order valence-corrected chi connectivity index (χ2v) is 6.75. The molecule has 0 radical (unpaired) electrons. The number of anilines is 1. The molecule has 0 aliphatic carbocycles. The summed E-state index contributed by atoms with van der Waals surface area (Å²) in [6, 6.07) is 7.80. The molecule has 1 heterocycles. The van der Waals surface area contributed by atoms with Crippen molar-refractivity contribution in [3.63, 3.8) is 0 Å². The van der Waals surface area contributed by atoms with E-state index in [2.05, 4.69) is 25.2 Å². The van der Waals surface area contributed by atoms with Crippen LogP contribution in [0.15, 0.2) is 24.3 Å². The lowest BCUT2D eigenvalue weighted by Gasteiger charge is -2.25. The Morgan fingerprint density at radius 1 is 1.52 bits per heavy atom. The van der Waals surface area contributed by atoms with Crippen molar-refractivity contribution >= 4 is 23.5 Å². The lowest BCUT2D eigenvalue weighted by atomic mass is 10.0. The fraction of sp³-hybridized carbons (Fsp3) is 0.562. The zero-order valence-corrected chi connectivity index (χ0v) is 13.5. The Bertz CT molecular complexity index is 481. The highest BCUT2D eigenvalue weighted by molar-refractivity contribution is 7.98. The van der Waals surface area contributed by atoms with Crippen molar-refractivity contribution in [1.29, 1.82) is 0 Å². The van der Waals surface area contributed by atoms with E-state index in [1.807, 2.05) is 30.0 Å². The summed E-state index contributed by atoms with van der Waals surface area (Å²) in [5.41, 5.74) is 2.04. The number of amides is 2. The van der Waals surface area contributed by atoms with Crippen LogP contribution in [0.4, 0.5) is 10.5 Å². The maximum absolute atomic E-state index is 12.4. The van der Waals surface area contributed by atoms with Gasteiger partial charge < -0.3 is 15.3 Å². The van der Waals surface area contributed by atoms with Crippen LogP contribution in [0.2, 0.25) is 0 Å². The van der Waals surface area contributed by atoms with E-state index in [1.165, 1.54) is 5.56 Å². The van der Waals surface area contributed by atoms with E-state index in [-0.39, 0.29) is 18.7 Å². The summed E-state index contributed by atoms with van der Waals surface area (Å²) < 4.78 is 0. The van der Waals surface area contributed by atoms with E-state index in [0.717, 1.165) is 23.6 Å². The molecular formula is C16H24N2O2S. The van der Waals surface area contributed by atoms with Crippen molar-refractivity contribution in [2.45, 2.75) is 32.1 Å². The smallest absolute Gasteiger partial charge is 0.322 e. The third kappa shape index (κ3) is 4.14. The molecule has 1 aromatic carbocycles. The Labute approximate surface area is 130 Å². The third-order valence-electron chi connectivity index (χ3n) is 3.98. The fourth-order valence-electron chi connectivity index (χ4n) is 2.69. The zero-order valence-electron chi connectivity index (χ0n) is 12.7. The van der Waals surface area contributed by atoms with Gasteiger partial charge in [0.2, 0.25) is 0 Å². The highest BCUT2D eigenvalue weighted by Crippen LogP contribution is 2.24. The van der Waals surface area contributed by atoms with Crippen molar-refractivity contribution in [1.82, 2.24) is 4.90 Å². The number of aliphatic hydroxyl groups is 1. The van der Waals surface area contributed by atoms with E-state index < -0.39 is 0 Å². The second-order valence-electron chi connectivity index (χ2n) is 5.48. The first kappa shape index (κ1) is 16.2. The van der Waals surface area contributed by atoms with E-state index >= 15 is 0 Å². The van der Waals surface area contributed by atoms with Gasteiger partial charge in [0, 0.05) is 18.0 Å². The van der Waals surface area contributed by atoms with Crippen molar-refractivity contribution in [2.24, 2.45) is 5.92 Å². The number of rotatable bonds is 5. The summed E-state index contributed by atoms with van der Waals surface area (Å²) in [6.07, 6.45) is 0.950. The first-order valence-electron chi connectivity index (χ1n) is 7.50. The molecule has 4 nitrogen and oxygen atoms in total. The molecule has 2 rings (SSSR count). The Morgan fingerprint density at radius 3 is 3.05 bits per heavy atom. The Kier molecular flexibility index (Phi) is 5.94. The predicted octanol–water partition coefficient (Wildman–Crippen LogP) is 3.17. The SMILES string of the molecule is CCSCc1cccc(NC(=O)N2CC[C@H](C)[C@H]2CO)c1.